The van der Waals surface area contributed by atoms with Crippen LogP contribution in [0, 0.1) is 0 Å². The van der Waals surface area contributed by atoms with Crippen molar-refractivity contribution in [2.45, 2.75) is 11.4 Å². The lowest BCUT2D eigenvalue weighted by Crippen LogP contribution is -2.43. The average molecular weight is 262 g/mol. The number of hydrogen-bond acceptors (Lipinski definition) is 3. The molecule has 0 fully saturated rings. The van der Waals surface area contributed by atoms with Crippen molar-refractivity contribution in [3.05, 3.63) is 12.1 Å². The van der Waals surface area contributed by atoms with Gasteiger partial charge in [-0.1, -0.05) is 0 Å². The Kier molecular flexibility index (Phi) is 3.96. The Balaban J connectivity index is 5.09. The predicted octanol–water partition coefficient (Wildman–Crippen LogP) is 1.84. The molecule has 0 aromatic rings. The number of halogens is 7. The maximum Gasteiger partial charge on any atom is 0.481 e. The fourth-order valence-corrected chi connectivity index (χ4v) is 0.577. The minimum absolute atomic E-state index is 2.22. The van der Waals surface area contributed by atoms with Gasteiger partial charge in [0.15, 0.2) is 0 Å². The SMILES string of the molecule is O=[SH](=O)C(F)(F)C(F)(F)OC(F)=C(F)F. The summed E-state index contributed by atoms with van der Waals surface area (Å²) in [6.45, 7) is 0. The van der Waals surface area contributed by atoms with Crippen LogP contribution < -0.4 is 0 Å². The number of hydrogen-bond donors (Lipinski definition) is 1. The van der Waals surface area contributed by atoms with Gasteiger partial charge in [0.25, 0.3) is 0 Å². The molecule has 0 aromatic heterocycles. The fourth-order valence-electron chi connectivity index (χ4n) is 0.319. The predicted molar refractivity (Wildman–Crippen MR) is 31.6 cm³/mol. The van der Waals surface area contributed by atoms with Gasteiger partial charge in [-0.2, -0.15) is 30.7 Å². The first kappa shape index (κ1) is 14.0. The second-order valence-electron chi connectivity index (χ2n) is 1.95. The van der Waals surface area contributed by atoms with Crippen molar-refractivity contribution in [2.24, 2.45) is 0 Å². The van der Waals surface area contributed by atoms with Crippen molar-refractivity contribution in [2.75, 3.05) is 0 Å². The zero-order valence-electron chi connectivity index (χ0n) is 6.32. The Morgan fingerprint density at radius 2 is 1.40 bits per heavy atom. The highest BCUT2D eigenvalue weighted by molar-refractivity contribution is 7.73. The van der Waals surface area contributed by atoms with Crippen LogP contribution in [0.15, 0.2) is 12.1 Å². The van der Waals surface area contributed by atoms with Crippen molar-refractivity contribution in [3.63, 3.8) is 0 Å². The smallest absolute Gasteiger partial charge is 0.397 e. The van der Waals surface area contributed by atoms with Crippen LogP contribution in [0.2, 0.25) is 0 Å². The van der Waals surface area contributed by atoms with E-state index < -0.39 is 34.2 Å². The zero-order chi connectivity index (χ0) is 12.4. The minimum atomic E-state index is -5.92. The molecule has 0 rings (SSSR count). The molecule has 0 atom stereocenters. The van der Waals surface area contributed by atoms with Crippen LogP contribution in [-0.2, 0) is 15.4 Å². The summed E-state index contributed by atoms with van der Waals surface area (Å²) in [7, 11) is -5.02. The fraction of sp³-hybridized carbons (Fsp3) is 0.500. The minimum Gasteiger partial charge on any atom is -0.397 e. The van der Waals surface area contributed by atoms with E-state index in [-0.39, 0.29) is 0 Å². The van der Waals surface area contributed by atoms with Crippen LogP contribution in [-0.4, -0.2) is 19.8 Å². The lowest BCUT2D eigenvalue weighted by atomic mass is 10.6. The number of thiol groups is 1. The first-order valence-corrected chi connectivity index (χ1v) is 4.00. The lowest BCUT2D eigenvalue weighted by molar-refractivity contribution is -0.307. The molecular formula is C4HF7O3S. The number of rotatable bonds is 4. The largest absolute Gasteiger partial charge is 0.481 e. The molecule has 0 aliphatic carbocycles. The quantitative estimate of drug-likeness (QED) is 0.477. The molecule has 0 saturated heterocycles. The molecule has 0 heterocycles. The van der Waals surface area contributed by atoms with E-state index in [1.165, 1.54) is 0 Å². The third-order valence-corrected chi connectivity index (χ3v) is 1.66. The molecule has 0 amide bonds. The summed E-state index contributed by atoms with van der Waals surface area (Å²) in [5.41, 5.74) is 0. The first-order valence-electron chi connectivity index (χ1n) is 2.82. The van der Waals surface area contributed by atoms with Gasteiger partial charge in [0, 0.05) is 0 Å². The molecule has 15 heavy (non-hydrogen) atoms. The lowest BCUT2D eigenvalue weighted by Gasteiger charge is -2.20. The number of alkyl halides is 4. The highest BCUT2D eigenvalue weighted by Gasteiger charge is 2.63. The van der Waals surface area contributed by atoms with Gasteiger partial charge in [-0.3, -0.25) is 0 Å². The van der Waals surface area contributed by atoms with Gasteiger partial charge in [-0.05, 0) is 0 Å². The van der Waals surface area contributed by atoms with Crippen molar-refractivity contribution >= 4 is 10.7 Å². The van der Waals surface area contributed by atoms with Gasteiger partial charge >= 0.3 is 23.5 Å². The third kappa shape index (κ3) is 2.97. The maximum absolute atomic E-state index is 12.1. The molecule has 0 aliphatic heterocycles. The third-order valence-electron chi connectivity index (χ3n) is 0.946. The van der Waals surface area contributed by atoms with Crippen molar-refractivity contribution in [3.8, 4) is 0 Å². The van der Waals surface area contributed by atoms with Gasteiger partial charge < -0.3 is 4.74 Å². The number of ether oxygens (including phenoxy) is 1. The van der Waals surface area contributed by atoms with Crippen molar-refractivity contribution in [1.29, 1.82) is 0 Å². The summed E-state index contributed by atoms with van der Waals surface area (Å²) < 4.78 is 104. The van der Waals surface area contributed by atoms with Gasteiger partial charge in [0.2, 0.25) is 10.7 Å². The van der Waals surface area contributed by atoms with Crippen molar-refractivity contribution < 1.29 is 43.9 Å². The Labute approximate surface area is 79.1 Å². The topological polar surface area (TPSA) is 43.4 Å². The van der Waals surface area contributed by atoms with E-state index in [1.807, 2.05) is 0 Å². The highest BCUT2D eigenvalue weighted by Crippen LogP contribution is 2.38. The molecule has 0 N–H and O–H groups in total. The van der Waals surface area contributed by atoms with Crippen molar-refractivity contribution in [1.82, 2.24) is 0 Å². The molecule has 11 heteroatoms. The van der Waals surface area contributed by atoms with Crippen LogP contribution in [0.5, 0.6) is 0 Å². The molecule has 3 nitrogen and oxygen atoms in total. The Morgan fingerprint density at radius 3 is 1.67 bits per heavy atom. The molecular weight excluding hydrogens is 261 g/mol. The van der Waals surface area contributed by atoms with E-state index in [0.29, 0.717) is 0 Å². The van der Waals surface area contributed by atoms with Crippen LogP contribution in [0.25, 0.3) is 0 Å². The first-order chi connectivity index (χ1) is 6.52. The molecule has 0 saturated carbocycles. The van der Waals surface area contributed by atoms with Crippen LogP contribution in [0.1, 0.15) is 0 Å². The van der Waals surface area contributed by atoms with E-state index in [0.717, 1.165) is 0 Å². The molecule has 0 aromatic carbocycles. The summed E-state index contributed by atoms with van der Waals surface area (Å²) in [5.74, 6) is 0. The summed E-state index contributed by atoms with van der Waals surface area (Å²) >= 11 is 0. The van der Waals surface area contributed by atoms with E-state index in [1.54, 1.807) is 0 Å². The standard InChI is InChI=1S/C4HF7O3S/c5-1(6)2(7)14-3(8,9)4(10,11)15(12)13/h15H. The average Bonchev–Trinajstić information content (AvgIpc) is 2.02. The van der Waals surface area contributed by atoms with Crippen LogP contribution >= 0.6 is 0 Å². The molecule has 0 bridgehead atoms. The van der Waals surface area contributed by atoms with E-state index >= 15 is 0 Å². The van der Waals surface area contributed by atoms with E-state index in [4.69, 9.17) is 0 Å². The summed E-state index contributed by atoms with van der Waals surface area (Å²) in [4.78, 5) is 0. The summed E-state index contributed by atoms with van der Waals surface area (Å²) in [6, 6.07) is -3.28. The zero-order valence-corrected chi connectivity index (χ0v) is 7.21. The molecule has 0 unspecified atom stereocenters. The summed E-state index contributed by atoms with van der Waals surface area (Å²) in [5, 5.41) is -5.80. The van der Waals surface area contributed by atoms with Gasteiger partial charge in [0.1, 0.15) is 0 Å². The molecule has 0 aliphatic rings. The van der Waals surface area contributed by atoms with Gasteiger partial charge in [-0.15, -0.1) is 0 Å². The highest BCUT2D eigenvalue weighted by atomic mass is 32.2. The Hall–Kier alpha value is -1.00. The summed E-state index contributed by atoms with van der Waals surface area (Å²) in [6.07, 6.45) is -9.35. The normalized spacial score (nSPS) is 12.8. The van der Waals surface area contributed by atoms with Crippen LogP contribution in [0.4, 0.5) is 30.7 Å². The molecule has 90 valence electrons. The van der Waals surface area contributed by atoms with Gasteiger partial charge in [0.05, 0.1) is 0 Å². The Morgan fingerprint density at radius 1 is 1.00 bits per heavy atom. The second-order valence-corrected chi connectivity index (χ2v) is 3.03. The van der Waals surface area contributed by atoms with Gasteiger partial charge in [-0.25, -0.2) is 8.42 Å². The van der Waals surface area contributed by atoms with E-state index in [2.05, 4.69) is 4.74 Å². The van der Waals surface area contributed by atoms with Crippen LogP contribution in [0.3, 0.4) is 0 Å². The molecule has 0 spiro atoms. The maximum atomic E-state index is 12.1. The molecule has 0 radical (unpaired) electrons. The second kappa shape index (κ2) is 4.24. The monoisotopic (exact) mass is 262 g/mol. The Bertz CT molecular complexity index is 334. The van der Waals surface area contributed by atoms with E-state index in [9.17, 15) is 39.2 Å².